The lowest BCUT2D eigenvalue weighted by Gasteiger charge is -2.32. The first-order valence-corrected chi connectivity index (χ1v) is 8.24. The summed E-state index contributed by atoms with van der Waals surface area (Å²) in [6.07, 6.45) is 0. The summed E-state index contributed by atoms with van der Waals surface area (Å²) in [6, 6.07) is 12.2. The molecule has 3 nitrogen and oxygen atoms in total. The van der Waals surface area contributed by atoms with Crippen molar-refractivity contribution in [3.8, 4) is 16.2 Å². The molecular weight excluding hydrogens is 295 g/mol. The van der Waals surface area contributed by atoms with E-state index >= 15 is 0 Å². The molecule has 2 aromatic rings. The van der Waals surface area contributed by atoms with E-state index in [4.69, 9.17) is 14.0 Å². The quantitative estimate of drug-likeness (QED) is 0.808. The molecule has 116 valence electrons. The maximum atomic E-state index is 6.11. The van der Waals surface area contributed by atoms with Gasteiger partial charge in [-0.25, -0.2) is 0 Å². The van der Waals surface area contributed by atoms with Gasteiger partial charge in [0.1, 0.15) is 5.75 Å². The zero-order chi connectivity index (χ0) is 16.0. The van der Waals surface area contributed by atoms with Crippen molar-refractivity contribution in [2.45, 2.75) is 38.9 Å². The lowest BCUT2D eigenvalue weighted by molar-refractivity contribution is 0.00578. The average molecular weight is 316 g/mol. The van der Waals surface area contributed by atoms with Crippen LogP contribution in [-0.4, -0.2) is 25.4 Å². The standard InChI is InChI=1S/C17H21BO3S/c1-16(2)17(3,4)21-18(20-16)15-11-10-14(22-15)12-8-6-7-9-13(12)19-5/h6-11H,1-5H3. The molecule has 3 rings (SSSR count). The Bertz CT molecular complexity index is 662. The largest absolute Gasteiger partial charge is 0.505 e. The van der Waals surface area contributed by atoms with E-state index in [1.165, 1.54) is 0 Å². The summed E-state index contributed by atoms with van der Waals surface area (Å²) in [7, 11) is 1.39. The van der Waals surface area contributed by atoms with E-state index in [2.05, 4.69) is 45.9 Å². The van der Waals surface area contributed by atoms with E-state index < -0.39 is 0 Å². The van der Waals surface area contributed by atoms with Crippen molar-refractivity contribution < 1.29 is 14.0 Å². The first kappa shape index (κ1) is 15.6. The Hall–Kier alpha value is -1.30. The number of ether oxygens (including phenoxy) is 1. The van der Waals surface area contributed by atoms with E-state index in [0.717, 1.165) is 21.0 Å². The molecule has 1 aliphatic rings. The van der Waals surface area contributed by atoms with Crippen LogP contribution in [0, 0.1) is 0 Å². The lowest BCUT2D eigenvalue weighted by atomic mass is 9.88. The minimum atomic E-state index is -0.313. The van der Waals surface area contributed by atoms with Crippen LogP contribution in [0.15, 0.2) is 36.4 Å². The molecule has 0 atom stereocenters. The molecule has 0 bridgehead atoms. The van der Waals surface area contributed by atoms with Gasteiger partial charge < -0.3 is 14.0 Å². The van der Waals surface area contributed by atoms with Gasteiger partial charge in [0.2, 0.25) is 0 Å². The average Bonchev–Trinajstić information content (AvgIpc) is 3.02. The maximum absolute atomic E-state index is 6.11. The van der Waals surface area contributed by atoms with Crippen LogP contribution in [0.4, 0.5) is 0 Å². The fraction of sp³-hybridized carbons (Fsp3) is 0.412. The summed E-state index contributed by atoms with van der Waals surface area (Å²) >= 11 is 1.68. The van der Waals surface area contributed by atoms with Gasteiger partial charge in [-0.05, 0) is 45.9 Å². The fourth-order valence-electron chi connectivity index (χ4n) is 2.43. The number of rotatable bonds is 3. The van der Waals surface area contributed by atoms with Crippen molar-refractivity contribution in [3.63, 3.8) is 0 Å². The molecule has 1 saturated heterocycles. The van der Waals surface area contributed by atoms with Gasteiger partial charge in [0.05, 0.1) is 18.3 Å². The molecule has 0 amide bonds. The number of methoxy groups -OCH3 is 1. The van der Waals surface area contributed by atoms with Crippen molar-refractivity contribution >= 4 is 23.2 Å². The predicted octanol–water partition coefficient (Wildman–Crippen LogP) is 3.72. The predicted molar refractivity (Wildman–Crippen MR) is 92.0 cm³/mol. The highest BCUT2D eigenvalue weighted by molar-refractivity contribution is 7.25. The van der Waals surface area contributed by atoms with Crippen LogP contribution in [0.5, 0.6) is 5.75 Å². The highest BCUT2D eigenvalue weighted by atomic mass is 32.1. The Morgan fingerprint density at radius 3 is 2.23 bits per heavy atom. The van der Waals surface area contributed by atoms with E-state index in [0.29, 0.717) is 0 Å². The minimum absolute atomic E-state index is 0.307. The van der Waals surface area contributed by atoms with E-state index in [9.17, 15) is 0 Å². The zero-order valence-corrected chi connectivity index (χ0v) is 14.5. The molecule has 5 heteroatoms. The van der Waals surface area contributed by atoms with Crippen molar-refractivity contribution in [3.05, 3.63) is 36.4 Å². The third-order valence-electron chi connectivity index (χ3n) is 4.48. The molecular formula is C17H21BO3S. The summed E-state index contributed by atoms with van der Waals surface area (Å²) in [4.78, 5) is 1.15. The molecule has 0 aliphatic carbocycles. The van der Waals surface area contributed by atoms with Crippen LogP contribution in [0.3, 0.4) is 0 Å². The van der Waals surface area contributed by atoms with Gasteiger partial charge in [-0.15, -0.1) is 11.3 Å². The van der Waals surface area contributed by atoms with E-state index in [-0.39, 0.29) is 18.3 Å². The third kappa shape index (κ3) is 2.58. The second kappa shape index (κ2) is 5.41. The Morgan fingerprint density at radius 2 is 1.59 bits per heavy atom. The fourth-order valence-corrected chi connectivity index (χ4v) is 3.43. The number of hydrogen-bond acceptors (Lipinski definition) is 4. The van der Waals surface area contributed by atoms with E-state index in [1.54, 1.807) is 18.4 Å². The number of para-hydroxylation sites is 1. The van der Waals surface area contributed by atoms with Crippen molar-refractivity contribution in [2.24, 2.45) is 0 Å². The molecule has 22 heavy (non-hydrogen) atoms. The summed E-state index contributed by atoms with van der Waals surface area (Å²) in [5.74, 6) is 0.879. The third-order valence-corrected chi connectivity index (χ3v) is 5.62. The summed E-state index contributed by atoms with van der Waals surface area (Å²) in [5, 5.41) is 0. The van der Waals surface area contributed by atoms with Gasteiger partial charge in [0.15, 0.2) is 0 Å². The first-order chi connectivity index (χ1) is 10.3. The molecule has 2 heterocycles. The van der Waals surface area contributed by atoms with Crippen LogP contribution in [0.25, 0.3) is 10.4 Å². The van der Waals surface area contributed by atoms with Gasteiger partial charge in [0, 0.05) is 15.2 Å². The van der Waals surface area contributed by atoms with Crippen LogP contribution in [0.2, 0.25) is 0 Å². The van der Waals surface area contributed by atoms with Crippen LogP contribution in [-0.2, 0) is 9.31 Å². The molecule has 0 N–H and O–H groups in total. The van der Waals surface area contributed by atoms with Crippen LogP contribution >= 0.6 is 11.3 Å². The molecule has 1 aromatic heterocycles. The van der Waals surface area contributed by atoms with Gasteiger partial charge in [-0.3, -0.25) is 0 Å². The molecule has 1 aromatic carbocycles. The normalized spacial score (nSPS) is 19.4. The minimum Gasteiger partial charge on any atom is -0.496 e. The molecule has 1 aliphatic heterocycles. The Morgan fingerprint density at radius 1 is 0.955 bits per heavy atom. The SMILES string of the molecule is COc1ccccc1-c1ccc(B2OC(C)(C)C(C)(C)O2)s1. The molecule has 0 spiro atoms. The Kier molecular flexibility index (Phi) is 3.83. The second-order valence-corrected chi connectivity index (χ2v) is 7.61. The number of benzene rings is 1. The lowest BCUT2D eigenvalue weighted by Crippen LogP contribution is -2.41. The van der Waals surface area contributed by atoms with Gasteiger partial charge in [-0.2, -0.15) is 0 Å². The Balaban J connectivity index is 1.89. The van der Waals surface area contributed by atoms with Gasteiger partial charge in [-0.1, -0.05) is 18.2 Å². The second-order valence-electron chi connectivity index (χ2n) is 6.49. The summed E-state index contributed by atoms with van der Waals surface area (Å²) in [6.45, 7) is 8.28. The summed E-state index contributed by atoms with van der Waals surface area (Å²) in [5.41, 5.74) is 0.469. The number of thiophene rings is 1. The van der Waals surface area contributed by atoms with Gasteiger partial charge >= 0.3 is 7.12 Å². The van der Waals surface area contributed by atoms with Crippen LogP contribution in [0.1, 0.15) is 27.7 Å². The van der Waals surface area contributed by atoms with Crippen molar-refractivity contribution in [1.82, 2.24) is 0 Å². The highest BCUT2D eigenvalue weighted by Crippen LogP contribution is 2.38. The topological polar surface area (TPSA) is 27.7 Å². The maximum Gasteiger partial charge on any atom is 0.505 e. The van der Waals surface area contributed by atoms with Crippen LogP contribution < -0.4 is 9.51 Å². The molecule has 0 radical (unpaired) electrons. The first-order valence-electron chi connectivity index (χ1n) is 7.43. The Labute approximate surface area is 136 Å². The van der Waals surface area contributed by atoms with Crippen molar-refractivity contribution in [1.29, 1.82) is 0 Å². The molecule has 0 saturated carbocycles. The smallest absolute Gasteiger partial charge is 0.496 e. The number of hydrogen-bond donors (Lipinski definition) is 0. The summed E-state index contributed by atoms with van der Waals surface area (Å²) < 4.78 is 18.8. The highest BCUT2D eigenvalue weighted by Gasteiger charge is 2.52. The molecule has 1 fully saturated rings. The van der Waals surface area contributed by atoms with E-state index in [1.807, 2.05) is 18.2 Å². The van der Waals surface area contributed by atoms with Gasteiger partial charge in [0.25, 0.3) is 0 Å². The molecule has 0 unspecified atom stereocenters. The monoisotopic (exact) mass is 316 g/mol. The zero-order valence-electron chi connectivity index (χ0n) is 13.7. The van der Waals surface area contributed by atoms with Crippen molar-refractivity contribution in [2.75, 3.05) is 7.11 Å².